The van der Waals surface area contributed by atoms with Gasteiger partial charge >= 0.3 is 0 Å². The first-order chi connectivity index (χ1) is 49.6. The Balaban J connectivity index is 0.721. The molecular formula is C90H50N8OS. The summed E-state index contributed by atoms with van der Waals surface area (Å²) >= 11 is 1.80. The predicted octanol–water partition coefficient (Wildman–Crippen LogP) is 24.5. The zero-order chi connectivity index (χ0) is 65.3. The molecule has 0 unspecified atom stereocenters. The molecule has 0 bridgehead atoms. The normalized spacial score (nSPS) is 12.6. The van der Waals surface area contributed by atoms with Crippen molar-refractivity contribution in [3.63, 3.8) is 0 Å². The van der Waals surface area contributed by atoms with Gasteiger partial charge < -0.3 is 4.42 Å². The summed E-state index contributed by atoms with van der Waals surface area (Å²) in [6.45, 7) is 0. The van der Waals surface area contributed by atoms with Gasteiger partial charge in [0.25, 0.3) is 0 Å². The number of furan rings is 1. The molecule has 0 amide bonds. The Hall–Kier alpha value is -13.3. The summed E-state index contributed by atoms with van der Waals surface area (Å²) in [6.07, 6.45) is 0. The molecule has 0 saturated heterocycles. The lowest BCUT2D eigenvalue weighted by Crippen LogP contribution is -2.19. The third kappa shape index (κ3) is 8.10. The van der Waals surface area contributed by atoms with Gasteiger partial charge in [-0.05, 0) is 120 Å². The van der Waals surface area contributed by atoms with E-state index in [9.17, 15) is 0 Å². The van der Waals surface area contributed by atoms with Crippen molar-refractivity contribution in [3.8, 4) is 78.9 Å². The van der Waals surface area contributed by atoms with Crippen LogP contribution >= 0.6 is 11.3 Å². The second-order valence-corrected chi connectivity index (χ2v) is 27.1. The minimum Gasteiger partial charge on any atom is -0.455 e. The van der Waals surface area contributed by atoms with Crippen molar-refractivity contribution >= 4 is 153 Å². The second kappa shape index (κ2) is 21.1. The molecule has 4 aromatic heterocycles. The average molecular weight is 1290 g/mol. The van der Waals surface area contributed by atoms with Crippen LogP contribution in [0.5, 0.6) is 0 Å². The highest BCUT2D eigenvalue weighted by molar-refractivity contribution is 7.26. The summed E-state index contributed by atoms with van der Waals surface area (Å²) in [5, 5.41) is 17.7. The zero-order valence-electron chi connectivity index (χ0n) is 53.3. The first-order valence-electron chi connectivity index (χ1n) is 33.7. The van der Waals surface area contributed by atoms with Crippen molar-refractivity contribution < 1.29 is 4.42 Å². The number of nitrogens with zero attached hydrogens (tertiary/aromatic N) is 8. The lowest BCUT2D eigenvalue weighted by Gasteiger charge is -2.33. The van der Waals surface area contributed by atoms with Gasteiger partial charge in [-0.15, -0.1) is 11.3 Å². The molecule has 6 heterocycles. The standard InChI is InChI=1S/C90H50N8OS/c1-2-21-54(22-3-1)85-91-86(94-89(93-85)97-74-37-15-25-53-24-14-33-65(79(53)74)66-44-41-51-19-4-8-28-60(51)82(66)97)70-35-18-40-77-81(70)69-46-43-55(50-78(69)100-77)58-47-57-26-16-38-75-80(57)72(49-58)67-45-42-52-20-5-9-29-61(52)83(67)98(75)90-95-87(71-36-17-34-68-64-32-12-13-39-76(64)99-84(68)71)92-88(96-90)73-48-56-23-6-7-27-59(56)62-30-10-11-31-63(62)73/h1-50H. The summed E-state index contributed by atoms with van der Waals surface area (Å²) in [4.78, 5) is 37.8. The summed E-state index contributed by atoms with van der Waals surface area (Å²) in [6, 6.07) is 108. The van der Waals surface area contributed by atoms with E-state index in [0.717, 1.165) is 174 Å². The maximum Gasteiger partial charge on any atom is 0.238 e. The van der Waals surface area contributed by atoms with Gasteiger partial charge in [0, 0.05) is 80.3 Å². The van der Waals surface area contributed by atoms with E-state index in [1.165, 1.54) is 10.9 Å². The highest BCUT2D eigenvalue weighted by atomic mass is 32.1. The van der Waals surface area contributed by atoms with Crippen molar-refractivity contribution in [2.45, 2.75) is 0 Å². The Labute approximate surface area is 575 Å². The third-order valence-electron chi connectivity index (χ3n) is 20.6. The van der Waals surface area contributed by atoms with Crippen LogP contribution in [0.4, 0.5) is 34.6 Å². The number of anilines is 6. The van der Waals surface area contributed by atoms with E-state index in [1.807, 2.05) is 30.3 Å². The number of benzene rings is 16. The molecule has 0 spiro atoms. The minimum atomic E-state index is 0.498. The third-order valence-corrected chi connectivity index (χ3v) is 21.7. The Kier molecular flexibility index (Phi) is 11.6. The molecule has 462 valence electrons. The fraction of sp³-hybridized carbons (Fsp3) is 0. The highest BCUT2D eigenvalue weighted by Gasteiger charge is 2.34. The lowest BCUT2D eigenvalue weighted by atomic mass is 9.86. The quantitative estimate of drug-likeness (QED) is 0.145. The van der Waals surface area contributed by atoms with Crippen LogP contribution in [0, 0.1) is 0 Å². The van der Waals surface area contributed by atoms with Crippen LogP contribution in [0.1, 0.15) is 0 Å². The smallest absolute Gasteiger partial charge is 0.238 e. The molecule has 22 rings (SSSR count). The molecule has 0 atom stereocenters. The summed E-state index contributed by atoms with van der Waals surface area (Å²) < 4.78 is 9.08. The Bertz CT molecular complexity index is 6950. The summed E-state index contributed by atoms with van der Waals surface area (Å²) in [5.74, 6) is 3.33. The molecular weight excluding hydrogens is 1240 g/mol. The van der Waals surface area contributed by atoms with Crippen LogP contribution in [-0.4, -0.2) is 29.9 Å². The first kappa shape index (κ1) is 54.9. The molecule has 9 nitrogen and oxygen atoms in total. The highest BCUT2D eigenvalue weighted by Crippen LogP contribution is 2.56. The van der Waals surface area contributed by atoms with Gasteiger partial charge in [0.1, 0.15) is 11.2 Å². The van der Waals surface area contributed by atoms with Crippen LogP contribution in [0.2, 0.25) is 0 Å². The molecule has 10 heteroatoms. The maximum atomic E-state index is 6.77. The minimum absolute atomic E-state index is 0.498. The molecule has 0 saturated carbocycles. The van der Waals surface area contributed by atoms with Gasteiger partial charge in [-0.2, -0.15) is 19.9 Å². The molecule has 0 radical (unpaired) electrons. The fourth-order valence-electron chi connectivity index (χ4n) is 16.1. The molecule has 2 aliphatic heterocycles. The van der Waals surface area contributed by atoms with Gasteiger partial charge in [-0.1, -0.05) is 249 Å². The van der Waals surface area contributed by atoms with E-state index in [1.54, 1.807) is 11.3 Å². The largest absolute Gasteiger partial charge is 0.455 e. The second-order valence-electron chi connectivity index (χ2n) is 26.0. The number of rotatable bonds is 7. The van der Waals surface area contributed by atoms with E-state index in [-0.39, 0.29) is 0 Å². The van der Waals surface area contributed by atoms with Crippen LogP contribution in [-0.2, 0) is 0 Å². The van der Waals surface area contributed by atoms with E-state index < -0.39 is 0 Å². The summed E-state index contributed by atoms with van der Waals surface area (Å²) in [5.41, 5.74) is 15.9. The number of thiophene rings is 1. The Morgan fingerprint density at radius 3 is 1.55 bits per heavy atom. The molecule has 0 N–H and O–H groups in total. The Morgan fingerprint density at radius 2 is 0.790 bits per heavy atom. The van der Waals surface area contributed by atoms with Crippen molar-refractivity contribution in [1.29, 1.82) is 0 Å². The van der Waals surface area contributed by atoms with E-state index in [2.05, 4.69) is 283 Å². The predicted molar refractivity (Wildman–Crippen MR) is 413 cm³/mol. The average Bonchev–Trinajstić information content (AvgIpc) is 0.894. The van der Waals surface area contributed by atoms with E-state index in [0.29, 0.717) is 35.2 Å². The molecule has 0 aliphatic carbocycles. The van der Waals surface area contributed by atoms with E-state index >= 15 is 0 Å². The van der Waals surface area contributed by atoms with Crippen LogP contribution < -0.4 is 9.80 Å². The Morgan fingerprint density at radius 1 is 0.250 bits per heavy atom. The number of para-hydroxylation sites is 2. The van der Waals surface area contributed by atoms with Gasteiger partial charge in [-0.25, -0.2) is 9.97 Å². The van der Waals surface area contributed by atoms with Crippen LogP contribution in [0.25, 0.3) is 186 Å². The number of aromatic nitrogens is 6. The van der Waals surface area contributed by atoms with Crippen molar-refractivity contribution in [1.82, 2.24) is 29.9 Å². The molecule has 100 heavy (non-hydrogen) atoms. The van der Waals surface area contributed by atoms with E-state index in [4.69, 9.17) is 34.3 Å². The van der Waals surface area contributed by atoms with Gasteiger partial charge in [-0.3, -0.25) is 9.80 Å². The fourth-order valence-corrected chi connectivity index (χ4v) is 17.3. The topological polar surface area (TPSA) is 97.0 Å². The zero-order valence-corrected chi connectivity index (χ0v) is 54.1. The molecule has 16 aromatic carbocycles. The number of hydrogen-bond acceptors (Lipinski definition) is 10. The molecule has 0 fully saturated rings. The van der Waals surface area contributed by atoms with Crippen molar-refractivity contribution in [2.24, 2.45) is 0 Å². The van der Waals surface area contributed by atoms with Crippen molar-refractivity contribution in [2.75, 3.05) is 9.80 Å². The van der Waals surface area contributed by atoms with Gasteiger partial charge in [0.15, 0.2) is 23.3 Å². The summed E-state index contributed by atoms with van der Waals surface area (Å²) in [7, 11) is 0. The number of hydrogen-bond donors (Lipinski definition) is 0. The number of fused-ring (bicyclic) bond motifs is 17. The van der Waals surface area contributed by atoms with Crippen LogP contribution in [0.15, 0.2) is 308 Å². The van der Waals surface area contributed by atoms with Gasteiger partial charge in [0.2, 0.25) is 11.9 Å². The maximum absolute atomic E-state index is 6.77. The lowest BCUT2D eigenvalue weighted by molar-refractivity contribution is 0.669. The molecule has 2 aliphatic rings. The van der Waals surface area contributed by atoms with Gasteiger partial charge in [0.05, 0.1) is 28.3 Å². The van der Waals surface area contributed by atoms with Crippen LogP contribution in [0.3, 0.4) is 0 Å². The van der Waals surface area contributed by atoms with Crippen molar-refractivity contribution in [3.05, 3.63) is 303 Å². The SMILES string of the molecule is c1ccc(-c2nc(-c3cccc4sc5cc(-c6cc7c8c(cccc8c6)N(c6nc(-c8cc9ccccc9c9ccccc89)nc(-c8cccc9c8oc8ccccc89)n6)c6c-7ccc7ccccc67)ccc5c34)nc(N3c4c(ccc5ccccc45)-c4cccc5cccc3c45)n2)cc1. The monoisotopic (exact) mass is 1290 g/mol. The molecule has 20 aromatic rings. The first-order valence-corrected chi connectivity index (χ1v) is 34.5.